The molecule has 4 unspecified atom stereocenters. The number of aromatic amines is 1. The predicted octanol–water partition coefficient (Wildman–Crippen LogP) is -1.11. The number of aliphatic hydroxyl groups excluding tert-OH is 3. The van der Waals surface area contributed by atoms with Crippen molar-refractivity contribution in [3.05, 3.63) is 44.7 Å². The Morgan fingerprint density at radius 2 is 1.93 bits per heavy atom. The van der Waals surface area contributed by atoms with Gasteiger partial charge in [-0.05, 0) is 12.1 Å². The van der Waals surface area contributed by atoms with Gasteiger partial charge in [0.05, 0.1) is 11.5 Å². The van der Waals surface area contributed by atoms with Crippen LogP contribution in [0.3, 0.4) is 0 Å². The van der Waals surface area contributed by atoms with Gasteiger partial charge in [0.1, 0.15) is 24.1 Å². The van der Waals surface area contributed by atoms with Crippen LogP contribution in [-0.4, -0.2) is 64.7 Å². The average molecular weight is 404 g/mol. The number of nitrogens with one attached hydrogen (secondary N) is 1. The first-order valence-corrected chi connectivity index (χ1v) is 8.47. The highest BCUT2D eigenvalue weighted by Gasteiger charge is 2.45. The number of aromatic nitrogens is 4. The Morgan fingerprint density at radius 1 is 1.24 bits per heavy atom. The third kappa shape index (κ3) is 3.01. The molecule has 29 heavy (non-hydrogen) atoms. The molecular formula is C16H16N6O7. The minimum atomic E-state index is -1.47. The first-order valence-electron chi connectivity index (χ1n) is 8.47. The summed E-state index contributed by atoms with van der Waals surface area (Å²) in [4.78, 5) is 33.3. The molecule has 0 amide bonds. The molecule has 13 nitrogen and oxygen atoms in total. The van der Waals surface area contributed by atoms with Crippen molar-refractivity contribution in [3.63, 3.8) is 0 Å². The van der Waals surface area contributed by atoms with E-state index in [2.05, 4.69) is 15.0 Å². The number of nitrogen functional groups attached to an aromatic ring is 1. The second-order valence-electron chi connectivity index (χ2n) is 6.46. The Labute approximate surface area is 161 Å². The monoisotopic (exact) mass is 404 g/mol. The lowest BCUT2D eigenvalue weighted by atomic mass is 10.1. The summed E-state index contributed by atoms with van der Waals surface area (Å²) in [7, 11) is 0. The molecule has 3 aromatic rings. The number of fused-ring (bicyclic) bond motifs is 1. The summed E-state index contributed by atoms with van der Waals surface area (Å²) in [6.07, 6.45) is -5.18. The fourth-order valence-electron chi connectivity index (χ4n) is 3.27. The van der Waals surface area contributed by atoms with Crippen LogP contribution in [0, 0.1) is 10.1 Å². The summed E-state index contributed by atoms with van der Waals surface area (Å²) >= 11 is 0. The molecule has 0 radical (unpaired) electrons. The number of hydrogen-bond donors (Lipinski definition) is 5. The maximum Gasteiger partial charge on any atom is 0.280 e. The zero-order chi connectivity index (χ0) is 20.9. The number of nitrogens with two attached hydrogens (primary N) is 1. The van der Waals surface area contributed by atoms with E-state index in [1.54, 1.807) is 0 Å². The van der Waals surface area contributed by atoms with Gasteiger partial charge in [-0.1, -0.05) is 0 Å². The van der Waals surface area contributed by atoms with Gasteiger partial charge in [-0.15, -0.1) is 0 Å². The molecule has 4 rings (SSSR count). The van der Waals surface area contributed by atoms with E-state index in [4.69, 9.17) is 10.5 Å². The smallest absolute Gasteiger partial charge is 0.280 e. The summed E-state index contributed by atoms with van der Waals surface area (Å²) in [5, 5.41) is 40.8. The Bertz CT molecular complexity index is 1140. The number of rotatable bonds is 4. The fourth-order valence-corrected chi connectivity index (χ4v) is 3.27. The third-order valence-corrected chi connectivity index (χ3v) is 4.68. The molecule has 4 atom stereocenters. The molecule has 1 fully saturated rings. The van der Waals surface area contributed by atoms with E-state index >= 15 is 0 Å². The molecule has 1 saturated heterocycles. The van der Waals surface area contributed by atoms with Gasteiger partial charge in [0, 0.05) is 17.7 Å². The molecule has 0 saturated carbocycles. The standard InChI is InChI=1S/C16H16N6O7/c17-16-19-13-9(14(26)20-16)18-12(6-1-3-7(4-2-6)22(27)28)21(13)15-11(25)10(24)8(5-23)29-15/h1-4,8,10-11,15,23-25H,5H2,(H3,17,19,20,26). The Hall–Kier alpha value is -3.39. The molecule has 152 valence electrons. The van der Waals surface area contributed by atoms with Crippen molar-refractivity contribution < 1.29 is 25.0 Å². The van der Waals surface area contributed by atoms with Crippen LogP contribution >= 0.6 is 0 Å². The molecule has 1 aromatic carbocycles. The van der Waals surface area contributed by atoms with Gasteiger partial charge >= 0.3 is 0 Å². The SMILES string of the molecule is Nc1nc2c(nc(-c3ccc([N+](=O)[O-])cc3)n2C2OC(CO)C(O)C2O)c(=O)[nH]1. The number of benzene rings is 1. The molecule has 1 aliphatic rings. The molecule has 3 heterocycles. The largest absolute Gasteiger partial charge is 0.394 e. The number of imidazole rings is 1. The topological polar surface area (TPSA) is 203 Å². The number of hydrogen-bond acceptors (Lipinski definition) is 10. The molecule has 0 aliphatic carbocycles. The summed E-state index contributed by atoms with van der Waals surface area (Å²) in [5.41, 5.74) is 5.09. The predicted molar refractivity (Wildman–Crippen MR) is 97.7 cm³/mol. The van der Waals surface area contributed by atoms with Crippen LogP contribution in [0.4, 0.5) is 11.6 Å². The lowest BCUT2D eigenvalue weighted by molar-refractivity contribution is -0.384. The van der Waals surface area contributed by atoms with E-state index < -0.39 is 41.6 Å². The Balaban J connectivity index is 1.95. The van der Waals surface area contributed by atoms with Crippen LogP contribution in [0.5, 0.6) is 0 Å². The molecule has 1 aliphatic heterocycles. The molecule has 2 aromatic heterocycles. The Kier molecular flexibility index (Phi) is 4.50. The van der Waals surface area contributed by atoms with Crippen molar-refractivity contribution in [3.8, 4) is 11.4 Å². The van der Waals surface area contributed by atoms with E-state index in [-0.39, 0.29) is 28.6 Å². The van der Waals surface area contributed by atoms with Crippen molar-refractivity contribution in [2.24, 2.45) is 0 Å². The van der Waals surface area contributed by atoms with E-state index in [1.165, 1.54) is 28.8 Å². The van der Waals surface area contributed by atoms with Crippen molar-refractivity contribution >= 4 is 22.8 Å². The van der Waals surface area contributed by atoms with E-state index in [9.17, 15) is 30.2 Å². The number of nitro benzene ring substituents is 1. The minimum Gasteiger partial charge on any atom is -0.394 e. The van der Waals surface area contributed by atoms with Crippen LogP contribution in [0.1, 0.15) is 6.23 Å². The van der Waals surface area contributed by atoms with Crippen molar-refractivity contribution in [1.29, 1.82) is 0 Å². The van der Waals surface area contributed by atoms with Gasteiger partial charge < -0.3 is 25.8 Å². The maximum absolute atomic E-state index is 12.3. The number of non-ortho nitro benzene ring substituents is 1. The normalized spacial score (nSPS) is 24.2. The number of aliphatic hydroxyl groups is 3. The van der Waals surface area contributed by atoms with E-state index in [0.717, 1.165) is 0 Å². The van der Waals surface area contributed by atoms with Crippen molar-refractivity contribution in [2.45, 2.75) is 24.5 Å². The van der Waals surface area contributed by atoms with E-state index in [0.29, 0.717) is 5.56 Å². The van der Waals surface area contributed by atoms with E-state index in [1.807, 2.05) is 0 Å². The van der Waals surface area contributed by atoms with Crippen LogP contribution in [0.25, 0.3) is 22.6 Å². The van der Waals surface area contributed by atoms with Crippen LogP contribution in [-0.2, 0) is 4.74 Å². The van der Waals surface area contributed by atoms with Gasteiger partial charge in [-0.3, -0.25) is 24.5 Å². The lowest BCUT2D eigenvalue weighted by Crippen LogP contribution is -2.33. The molecule has 13 heteroatoms. The fraction of sp³-hybridized carbons (Fsp3) is 0.312. The highest BCUT2D eigenvalue weighted by atomic mass is 16.6. The zero-order valence-corrected chi connectivity index (χ0v) is 14.7. The number of anilines is 1. The highest BCUT2D eigenvalue weighted by Crippen LogP contribution is 2.35. The molecule has 6 N–H and O–H groups in total. The number of nitrogens with zero attached hydrogens (tertiary/aromatic N) is 4. The number of nitro groups is 1. The van der Waals surface area contributed by atoms with Gasteiger partial charge in [0.25, 0.3) is 11.2 Å². The Morgan fingerprint density at radius 3 is 2.52 bits per heavy atom. The second-order valence-corrected chi connectivity index (χ2v) is 6.46. The maximum atomic E-state index is 12.3. The van der Waals surface area contributed by atoms with Crippen LogP contribution in [0.2, 0.25) is 0 Å². The van der Waals surface area contributed by atoms with Crippen molar-refractivity contribution in [1.82, 2.24) is 19.5 Å². The van der Waals surface area contributed by atoms with Gasteiger partial charge in [-0.2, -0.15) is 4.98 Å². The number of ether oxygens (including phenoxy) is 1. The van der Waals surface area contributed by atoms with Gasteiger partial charge in [0.2, 0.25) is 5.95 Å². The average Bonchev–Trinajstić information content (AvgIpc) is 3.20. The lowest BCUT2D eigenvalue weighted by Gasteiger charge is -2.19. The van der Waals surface area contributed by atoms with Crippen LogP contribution in [0.15, 0.2) is 29.1 Å². The zero-order valence-electron chi connectivity index (χ0n) is 14.7. The molecule has 0 bridgehead atoms. The second kappa shape index (κ2) is 6.89. The minimum absolute atomic E-state index is 0.0190. The van der Waals surface area contributed by atoms with Gasteiger partial charge in [-0.25, -0.2) is 4.98 Å². The molecular weight excluding hydrogens is 388 g/mol. The first kappa shape index (κ1) is 18.9. The number of H-pyrrole nitrogens is 1. The van der Waals surface area contributed by atoms with Gasteiger partial charge in [0.15, 0.2) is 17.4 Å². The van der Waals surface area contributed by atoms with Crippen molar-refractivity contribution in [2.75, 3.05) is 12.3 Å². The highest BCUT2D eigenvalue weighted by molar-refractivity contribution is 5.77. The first-order chi connectivity index (χ1) is 13.8. The third-order valence-electron chi connectivity index (χ3n) is 4.68. The summed E-state index contributed by atoms with van der Waals surface area (Å²) < 4.78 is 6.83. The summed E-state index contributed by atoms with van der Waals surface area (Å²) in [5.74, 6) is -0.0982. The van der Waals surface area contributed by atoms with Crippen LogP contribution < -0.4 is 11.3 Å². The quantitative estimate of drug-likeness (QED) is 0.262. The summed E-state index contributed by atoms with van der Waals surface area (Å²) in [6, 6.07) is 5.33. The molecule has 0 spiro atoms. The summed E-state index contributed by atoms with van der Waals surface area (Å²) in [6.45, 7) is -0.551.